The minimum Gasteiger partial charge on any atom is -0.379 e. The highest BCUT2D eigenvalue weighted by Gasteiger charge is 2.25. The molecule has 3 rings (SSSR count). The number of rotatable bonds is 7. The number of hydrogen-bond acceptors (Lipinski definition) is 7. The first-order valence-corrected chi connectivity index (χ1v) is 9.87. The number of nitro benzene ring substituents is 1. The topological polar surface area (TPSA) is 108 Å². The van der Waals surface area contributed by atoms with Gasteiger partial charge in [-0.3, -0.25) is 24.6 Å². The summed E-state index contributed by atoms with van der Waals surface area (Å²) in [5, 5.41) is 14.0. The van der Waals surface area contributed by atoms with E-state index in [1.54, 1.807) is 23.1 Å². The van der Waals surface area contributed by atoms with E-state index in [1.807, 2.05) is 4.90 Å². The molecule has 0 radical (unpaired) electrons. The number of carbonyl (C=O) groups is 2. The Labute approximate surface area is 169 Å². The van der Waals surface area contributed by atoms with Crippen molar-refractivity contribution in [3.63, 3.8) is 0 Å². The van der Waals surface area contributed by atoms with E-state index in [2.05, 4.69) is 10.2 Å². The smallest absolute Gasteiger partial charge is 0.292 e. The van der Waals surface area contributed by atoms with Crippen LogP contribution in [0.2, 0.25) is 0 Å². The highest BCUT2D eigenvalue weighted by atomic mass is 16.6. The van der Waals surface area contributed by atoms with Gasteiger partial charge in [-0.1, -0.05) is 12.1 Å². The van der Waals surface area contributed by atoms with Crippen LogP contribution in [0.25, 0.3) is 0 Å². The Balaban J connectivity index is 1.39. The number of amides is 2. The molecule has 0 unspecified atom stereocenters. The van der Waals surface area contributed by atoms with Gasteiger partial charge < -0.3 is 19.9 Å². The van der Waals surface area contributed by atoms with Crippen LogP contribution in [0.15, 0.2) is 24.3 Å². The standard InChI is InChI=1S/C19H27N5O5/c25-18(5-6-20-16-3-1-2-4-17(16)24(27)28)22-7-9-23(10-8-22)19(26)15-21-11-13-29-14-12-21/h1-4,20H,5-15H2. The molecule has 0 atom stereocenters. The monoisotopic (exact) mass is 405 g/mol. The Kier molecular flexibility index (Phi) is 7.36. The molecule has 0 spiro atoms. The van der Waals surface area contributed by atoms with E-state index < -0.39 is 4.92 Å². The van der Waals surface area contributed by atoms with Crippen LogP contribution in [0.5, 0.6) is 0 Å². The molecule has 2 aliphatic rings. The normalized spacial score (nSPS) is 17.8. The van der Waals surface area contributed by atoms with Gasteiger partial charge in [0.1, 0.15) is 5.69 Å². The number of hydrogen-bond donors (Lipinski definition) is 1. The SMILES string of the molecule is O=C(CCNc1ccccc1[N+](=O)[O-])N1CCN(C(=O)CN2CCOCC2)CC1. The number of nitrogens with one attached hydrogen (secondary N) is 1. The molecule has 10 heteroatoms. The van der Waals surface area contributed by atoms with Gasteiger partial charge in [-0.2, -0.15) is 0 Å². The van der Waals surface area contributed by atoms with Gasteiger partial charge in [-0.25, -0.2) is 0 Å². The Morgan fingerprint density at radius 1 is 1.00 bits per heavy atom. The lowest BCUT2D eigenvalue weighted by atomic mass is 10.2. The van der Waals surface area contributed by atoms with Crippen LogP contribution in [0.3, 0.4) is 0 Å². The third kappa shape index (κ3) is 5.88. The third-order valence-corrected chi connectivity index (χ3v) is 5.20. The second-order valence-electron chi connectivity index (χ2n) is 7.10. The summed E-state index contributed by atoms with van der Waals surface area (Å²) in [5.41, 5.74) is 0.399. The molecule has 29 heavy (non-hydrogen) atoms. The zero-order valence-corrected chi connectivity index (χ0v) is 16.4. The van der Waals surface area contributed by atoms with E-state index in [4.69, 9.17) is 4.74 Å². The highest BCUT2D eigenvalue weighted by molar-refractivity contribution is 5.80. The zero-order chi connectivity index (χ0) is 20.6. The van der Waals surface area contributed by atoms with Gasteiger partial charge in [0.25, 0.3) is 5.69 Å². The van der Waals surface area contributed by atoms with Gasteiger partial charge in [0.2, 0.25) is 11.8 Å². The van der Waals surface area contributed by atoms with Crippen molar-refractivity contribution in [2.75, 3.05) is 70.9 Å². The molecule has 2 fully saturated rings. The predicted octanol–water partition coefficient (Wildman–Crippen LogP) is 0.400. The van der Waals surface area contributed by atoms with Crippen LogP contribution in [0.1, 0.15) is 6.42 Å². The van der Waals surface area contributed by atoms with Gasteiger partial charge in [0, 0.05) is 58.3 Å². The average molecular weight is 405 g/mol. The lowest BCUT2D eigenvalue weighted by Gasteiger charge is -2.36. The quantitative estimate of drug-likeness (QED) is 0.517. The van der Waals surface area contributed by atoms with Crippen molar-refractivity contribution < 1.29 is 19.2 Å². The molecule has 1 aromatic carbocycles. The summed E-state index contributed by atoms with van der Waals surface area (Å²) in [5.74, 6) is 0.0772. The van der Waals surface area contributed by atoms with Gasteiger partial charge in [-0.15, -0.1) is 0 Å². The Bertz CT molecular complexity index is 729. The van der Waals surface area contributed by atoms with E-state index in [9.17, 15) is 19.7 Å². The molecule has 2 amide bonds. The average Bonchev–Trinajstić information content (AvgIpc) is 2.74. The maximum Gasteiger partial charge on any atom is 0.292 e. The van der Waals surface area contributed by atoms with Crippen LogP contribution in [0.4, 0.5) is 11.4 Å². The Morgan fingerprint density at radius 2 is 1.62 bits per heavy atom. The van der Waals surface area contributed by atoms with Gasteiger partial charge in [-0.05, 0) is 6.07 Å². The molecule has 2 aliphatic heterocycles. The number of piperazine rings is 1. The largest absolute Gasteiger partial charge is 0.379 e. The van der Waals surface area contributed by atoms with Gasteiger partial charge in [0.05, 0.1) is 24.7 Å². The summed E-state index contributed by atoms with van der Waals surface area (Å²) in [4.78, 5) is 41.1. The number of benzene rings is 1. The maximum absolute atomic E-state index is 12.4. The fourth-order valence-corrected chi connectivity index (χ4v) is 3.50. The number of carbonyl (C=O) groups excluding carboxylic acids is 2. The van der Waals surface area contributed by atoms with E-state index in [-0.39, 0.29) is 23.9 Å². The second-order valence-corrected chi connectivity index (χ2v) is 7.10. The molecule has 0 saturated carbocycles. The summed E-state index contributed by atoms with van der Waals surface area (Å²) in [6.07, 6.45) is 0.244. The number of para-hydroxylation sites is 2. The molecular formula is C19H27N5O5. The molecule has 158 valence electrons. The number of morpholine rings is 1. The lowest BCUT2D eigenvalue weighted by Crippen LogP contribution is -2.53. The summed E-state index contributed by atoms with van der Waals surface area (Å²) in [7, 11) is 0. The molecule has 0 aliphatic carbocycles. The number of ether oxygens (including phenoxy) is 1. The van der Waals surface area contributed by atoms with Crippen molar-refractivity contribution in [1.82, 2.24) is 14.7 Å². The van der Waals surface area contributed by atoms with Gasteiger partial charge >= 0.3 is 0 Å². The second kappa shape index (κ2) is 10.2. The number of anilines is 1. The van der Waals surface area contributed by atoms with Crippen molar-refractivity contribution in [2.45, 2.75) is 6.42 Å². The maximum atomic E-state index is 12.4. The van der Waals surface area contributed by atoms with Crippen molar-refractivity contribution >= 4 is 23.2 Å². The summed E-state index contributed by atoms with van der Waals surface area (Å²) in [6.45, 7) is 5.69. The van der Waals surface area contributed by atoms with Crippen molar-refractivity contribution in [3.05, 3.63) is 34.4 Å². The predicted molar refractivity (Wildman–Crippen MR) is 107 cm³/mol. The van der Waals surface area contributed by atoms with Crippen LogP contribution in [-0.2, 0) is 14.3 Å². The fourth-order valence-electron chi connectivity index (χ4n) is 3.50. The summed E-state index contributed by atoms with van der Waals surface area (Å²) in [6, 6.07) is 6.37. The number of nitrogens with zero attached hydrogens (tertiary/aromatic N) is 4. The summed E-state index contributed by atoms with van der Waals surface area (Å²) >= 11 is 0. The van der Waals surface area contributed by atoms with Crippen molar-refractivity contribution in [2.24, 2.45) is 0 Å². The van der Waals surface area contributed by atoms with Crippen LogP contribution >= 0.6 is 0 Å². The Morgan fingerprint density at radius 3 is 2.28 bits per heavy atom. The molecule has 10 nitrogen and oxygen atoms in total. The first kappa shape index (κ1) is 21.0. The molecule has 0 aromatic heterocycles. The first-order chi connectivity index (χ1) is 14.0. The molecule has 0 bridgehead atoms. The zero-order valence-electron chi connectivity index (χ0n) is 16.4. The van der Waals surface area contributed by atoms with Gasteiger partial charge in [0.15, 0.2) is 0 Å². The molecule has 2 heterocycles. The highest BCUT2D eigenvalue weighted by Crippen LogP contribution is 2.23. The van der Waals surface area contributed by atoms with Crippen molar-refractivity contribution in [3.8, 4) is 0 Å². The first-order valence-electron chi connectivity index (χ1n) is 9.87. The van der Waals surface area contributed by atoms with Crippen molar-refractivity contribution in [1.29, 1.82) is 0 Å². The van der Waals surface area contributed by atoms with E-state index in [0.717, 1.165) is 13.1 Å². The molecular weight excluding hydrogens is 378 g/mol. The molecule has 1 aromatic rings. The van der Waals surface area contributed by atoms with Crippen LogP contribution < -0.4 is 5.32 Å². The minimum atomic E-state index is -0.447. The number of nitro groups is 1. The van der Waals surface area contributed by atoms with E-state index in [0.29, 0.717) is 58.2 Å². The fraction of sp³-hybridized carbons (Fsp3) is 0.579. The summed E-state index contributed by atoms with van der Waals surface area (Å²) < 4.78 is 5.30. The van der Waals surface area contributed by atoms with E-state index >= 15 is 0 Å². The van der Waals surface area contributed by atoms with E-state index in [1.165, 1.54) is 6.07 Å². The van der Waals surface area contributed by atoms with Crippen LogP contribution in [-0.4, -0.2) is 97.0 Å². The van der Waals surface area contributed by atoms with Crippen LogP contribution in [0, 0.1) is 10.1 Å². The third-order valence-electron chi connectivity index (χ3n) is 5.20. The lowest BCUT2D eigenvalue weighted by molar-refractivity contribution is -0.384. The Hall–Kier alpha value is -2.72. The minimum absolute atomic E-state index is 0.00709. The molecule has 1 N–H and O–H groups in total. The molecule has 2 saturated heterocycles.